The van der Waals surface area contributed by atoms with Crippen molar-refractivity contribution in [3.63, 3.8) is 0 Å². The van der Waals surface area contributed by atoms with Gasteiger partial charge >= 0.3 is 12.1 Å². The number of benzene rings is 1. The Kier molecular flexibility index (Phi) is 3.95. The maximum Gasteiger partial charge on any atom is 0.416 e. The van der Waals surface area contributed by atoms with Gasteiger partial charge in [-0.2, -0.15) is 13.2 Å². The van der Waals surface area contributed by atoms with Gasteiger partial charge in [-0.15, -0.1) is 0 Å². The molecule has 0 radical (unpaired) electrons. The van der Waals surface area contributed by atoms with Gasteiger partial charge in [-0.25, -0.2) is 0 Å². The highest BCUT2D eigenvalue weighted by Crippen LogP contribution is 2.34. The zero-order valence-electron chi connectivity index (χ0n) is 10.9. The lowest BCUT2D eigenvalue weighted by Crippen LogP contribution is -2.47. The van der Waals surface area contributed by atoms with Crippen molar-refractivity contribution >= 4 is 5.97 Å². The molecular formula is C13H16F3NO2. The molecule has 0 spiro atoms. The van der Waals surface area contributed by atoms with Crippen LogP contribution in [-0.4, -0.2) is 17.1 Å². The molecule has 1 aromatic carbocycles. The second kappa shape index (κ2) is 4.85. The third-order valence-corrected chi connectivity index (χ3v) is 3.29. The maximum atomic E-state index is 12.6. The number of rotatable bonds is 3. The lowest BCUT2D eigenvalue weighted by atomic mass is 9.76. The molecule has 0 amide bonds. The summed E-state index contributed by atoms with van der Waals surface area (Å²) in [4.78, 5) is 11.0. The largest absolute Gasteiger partial charge is 0.480 e. The first-order valence-electron chi connectivity index (χ1n) is 5.64. The van der Waals surface area contributed by atoms with Gasteiger partial charge in [0.2, 0.25) is 0 Å². The van der Waals surface area contributed by atoms with Gasteiger partial charge in [0.15, 0.2) is 0 Å². The molecule has 1 atom stereocenters. The number of halogens is 3. The van der Waals surface area contributed by atoms with E-state index in [1.807, 2.05) is 0 Å². The number of aliphatic carboxylic acids is 1. The molecule has 0 saturated heterocycles. The highest BCUT2D eigenvalue weighted by molar-refractivity contribution is 5.75. The van der Waals surface area contributed by atoms with Crippen molar-refractivity contribution in [1.82, 2.24) is 0 Å². The first-order valence-corrected chi connectivity index (χ1v) is 5.64. The normalized spacial score (nSPS) is 14.3. The van der Waals surface area contributed by atoms with Gasteiger partial charge in [-0.3, -0.25) is 4.79 Å². The molecule has 0 bridgehead atoms. The first-order chi connectivity index (χ1) is 8.48. The molecule has 0 saturated carbocycles. The number of hydrogen-bond donors (Lipinski definition) is 2. The lowest BCUT2D eigenvalue weighted by Gasteiger charge is -2.31. The molecule has 0 aliphatic carbocycles. The lowest BCUT2D eigenvalue weighted by molar-refractivity contribution is -0.140. The Bertz CT molecular complexity index is 495. The molecule has 3 nitrogen and oxygen atoms in total. The fourth-order valence-corrected chi connectivity index (χ4v) is 2.04. The highest BCUT2D eigenvalue weighted by Gasteiger charge is 2.36. The van der Waals surface area contributed by atoms with Crippen molar-refractivity contribution < 1.29 is 23.1 Å². The van der Waals surface area contributed by atoms with Crippen molar-refractivity contribution in [1.29, 1.82) is 0 Å². The molecule has 0 aliphatic rings. The van der Waals surface area contributed by atoms with Crippen molar-refractivity contribution in [2.75, 3.05) is 0 Å². The van der Waals surface area contributed by atoms with Crippen molar-refractivity contribution in [2.24, 2.45) is 5.73 Å². The molecule has 0 fully saturated rings. The molecule has 0 heterocycles. The van der Waals surface area contributed by atoms with Crippen molar-refractivity contribution in [3.8, 4) is 0 Å². The van der Waals surface area contributed by atoms with Crippen LogP contribution in [0.3, 0.4) is 0 Å². The Morgan fingerprint density at radius 1 is 1.32 bits per heavy atom. The van der Waals surface area contributed by atoms with Crippen LogP contribution in [0.15, 0.2) is 18.2 Å². The number of nitrogens with two attached hydrogens (primary N) is 1. The van der Waals surface area contributed by atoms with Crippen LogP contribution in [0.5, 0.6) is 0 Å². The summed E-state index contributed by atoms with van der Waals surface area (Å²) in [5.74, 6) is -1.19. The van der Waals surface area contributed by atoms with Gasteiger partial charge in [0, 0.05) is 5.41 Å². The van der Waals surface area contributed by atoms with Crippen LogP contribution in [0.25, 0.3) is 0 Å². The van der Waals surface area contributed by atoms with E-state index in [0.717, 1.165) is 12.1 Å². The van der Waals surface area contributed by atoms with Gasteiger partial charge in [0.1, 0.15) is 6.04 Å². The van der Waals surface area contributed by atoms with E-state index >= 15 is 0 Å². The summed E-state index contributed by atoms with van der Waals surface area (Å²) >= 11 is 0. The Morgan fingerprint density at radius 3 is 2.21 bits per heavy atom. The molecule has 106 valence electrons. The average molecular weight is 275 g/mol. The highest BCUT2D eigenvalue weighted by atomic mass is 19.4. The van der Waals surface area contributed by atoms with E-state index in [0.29, 0.717) is 11.1 Å². The number of alkyl halides is 3. The quantitative estimate of drug-likeness (QED) is 0.891. The Labute approximate surface area is 109 Å². The number of hydrogen-bond acceptors (Lipinski definition) is 2. The maximum absolute atomic E-state index is 12.6. The number of carboxylic acid groups (broad SMARTS) is 1. The van der Waals surface area contributed by atoms with Crippen LogP contribution in [0.2, 0.25) is 0 Å². The summed E-state index contributed by atoms with van der Waals surface area (Å²) < 4.78 is 37.7. The number of carboxylic acids is 1. The summed E-state index contributed by atoms with van der Waals surface area (Å²) in [6.07, 6.45) is -4.41. The molecule has 0 aliphatic heterocycles. The molecule has 3 N–H and O–H groups in total. The average Bonchev–Trinajstić information content (AvgIpc) is 2.26. The predicted octanol–water partition coefficient (Wildman–Crippen LogP) is 2.70. The van der Waals surface area contributed by atoms with Crippen LogP contribution in [0, 0.1) is 6.92 Å². The summed E-state index contributed by atoms with van der Waals surface area (Å²) in [6, 6.07) is 2.05. The third kappa shape index (κ3) is 3.07. The van der Waals surface area contributed by atoms with Crippen LogP contribution in [0.4, 0.5) is 13.2 Å². The molecule has 0 aromatic heterocycles. The minimum Gasteiger partial charge on any atom is -0.480 e. The van der Waals surface area contributed by atoms with Crippen molar-refractivity contribution in [2.45, 2.75) is 38.4 Å². The smallest absolute Gasteiger partial charge is 0.416 e. The van der Waals surface area contributed by atoms with Crippen LogP contribution < -0.4 is 5.73 Å². The van der Waals surface area contributed by atoms with Gasteiger partial charge in [-0.1, -0.05) is 19.9 Å². The second-order valence-electron chi connectivity index (χ2n) is 5.07. The van der Waals surface area contributed by atoms with E-state index in [4.69, 9.17) is 10.8 Å². The summed E-state index contributed by atoms with van der Waals surface area (Å²) in [7, 11) is 0. The molecular weight excluding hydrogens is 259 g/mol. The fourth-order valence-electron chi connectivity index (χ4n) is 2.04. The molecule has 19 heavy (non-hydrogen) atoms. The first kappa shape index (κ1) is 15.5. The van der Waals surface area contributed by atoms with E-state index in [-0.39, 0.29) is 0 Å². The topological polar surface area (TPSA) is 63.3 Å². The minimum atomic E-state index is -4.41. The zero-order chi connectivity index (χ0) is 15.0. The van der Waals surface area contributed by atoms with E-state index in [9.17, 15) is 18.0 Å². The minimum absolute atomic E-state index is 0.372. The Hall–Kier alpha value is -1.56. The number of carbonyl (C=O) groups is 1. The second-order valence-corrected chi connectivity index (χ2v) is 5.07. The monoisotopic (exact) mass is 275 g/mol. The van der Waals surface area contributed by atoms with Crippen LogP contribution in [-0.2, 0) is 16.4 Å². The molecule has 1 aromatic rings. The Morgan fingerprint density at radius 2 is 1.84 bits per heavy atom. The Balaban J connectivity index is 3.27. The molecule has 6 heteroatoms. The van der Waals surface area contributed by atoms with Crippen LogP contribution in [0.1, 0.15) is 30.5 Å². The number of aryl methyl sites for hydroxylation is 1. The van der Waals surface area contributed by atoms with Gasteiger partial charge in [-0.05, 0) is 30.2 Å². The molecule has 1 rings (SSSR count). The fraction of sp³-hybridized carbons (Fsp3) is 0.462. The summed E-state index contributed by atoms with van der Waals surface area (Å²) in [5.41, 5.74) is 4.75. The van der Waals surface area contributed by atoms with Gasteiger partial charge < -0.3 is 10.8 Å². The summed E-state index contributed by atoms with van der Waals surface area (Å²) in [6.45, 7) is 4.71. The van der Waals surface area contributed by atoms with Crippen molar-refractivity contribution in [3.05, 3.63) is 34.9 Å². The van der Waals surface area contributed by atoms with Crippen LogP contribution >= 0.6 is 0 Å². The predicted molar refractivity (Wildman–Crippen MR) is 64.8 cm³/mol. The standard InChI is InChI=1S/C13H16F3NO2/c1-7-6-8(13(14,15)16)4-5-9(7)12(2,3)10(17)11(18)19/h4-6,10H,17H2,1-3H3,(H,18,19). The summed E-state index contributed by atoms with van der Waals surface area (Å²) in [5, 5.41) is 8.95. The zero-order valence-corrected chi connectivity index (χ0v) is 10.9. The van der Waals surface area contributed by atoms with E-state index in [1.165, 1.54) is 13.0 Å². The molecule has 1 unspecified atom stereocenters. The van der Waals surface area contributed by atoms with E-state index < -0.39 is 29.2 Å². The van der Waals surface area contributed by atoms with E-state index in [1.54, 1.807) is 13.8 Å². The SMILES string of the molecule is Cc1cc(C(F)(F)F)ccc1C(C)(C)C(N)C(=O)O. The van der Waals surface area contributed by atoms with E-state index in [2.05, 4.69) is 0 Å². The van der Waals surface area contributed by atoms with Gasteiger partial charge in [0.25, 0.3) is 0 Å². The van der Waals surface area contributed by atoms with Gasteiger partial charge in [0.05, 0.1) is 5.56 Å². The third-order valence-electron chi connectivity index (χ3n) is 3.29.